The summed E-state index contributed by atoms with van der Waals surface area (Å²) >= 11 is 0. The zero-order chi connectivity index (χ0) is 19.0. The van der Waals surface area contributed by atoms with Crippen LogP contribution in [0.3, 0.4) is 0 Å². The van der Waals surface area contributed by atoms with Crippen molar-refractivity contribution in [1.29, 1.82) is 0 Å². The lowest BCUT2D eigenvalue weighted by Gasteiger charge is -2.16. The number of esters is 1. The van der Waals surface area contributed by atoms with Crippen LogP contribution < -0.4 is 5.32 Å². The summed E-state index contributed by atoms with van der Waals surface area (Å²) in [5, 5.41) is 13.7. The van der Waals surface area contributed by atoms with Crippen LogP contribution in [0.4, 0.5) is 5.69 Å². The summed E-state index contributed by atoms with van der Waals surface area (Å²) in [5.41, 5.74) is -1.000. The summed E-state index contributed by atoms with van der Waals surface area (Å²) in [7, 11) is 0. The molecule has 1 atom stereocenters. The van der Waals surface area contributed by atoms with Crippen molar-refractivity contribution in [2.24, 2.45) is 0 Å². The highest BCUT2D eigenvalue weighted by Gasteiger charge is 2.42. The molecular formula is C16H15N3O7. The Labute approximate surface area is 147 Å². The standard InChI is InChI=1S/C16H15N3O7/c1-8(14(21)17-9-5-6-9)26-12(20)7-18-15(22)10-3-2-4-11(19(24)25)13(10)16(18)23/h2-4,8-9H,5-7H2,1H3,(H,17,21)/t8-/m0/s1. The molecule has 1 aliphatic carbocycles. The van der Waals surface area contributed by atoms with Crippen LogP contribution in [0.15, 0.2) is 18.2 Å². The number of amides is 3. The number of ether oxygens (including phenoxy) is 1. The van der Waals surface area contributed by atoms with E-state index in [0.29, 0.717) is 4.90 Å². The van der Waals surface area contributed by atoms with Gasteiger partial charge in [-0.2, -0.15) is 0 Å². The Kier molecular flexibility index (Phi) is 4.41. The van der Waals surface area contributed by atoms with Crippen molar-refractivity contribution in [3.8, 4) is 0 Å². The predicted molar refractivity (Wildman–Crippen MR) is 85.2 cm³/mol. The number of nitro benzene ring substituents is 1. The van der Waals surface area contributed by atoms with Crippen molar-refractivity contribution in [2.75, 3.05) is 6.54 Å². The third-order valence-electron chi connectivity index (χ3n) is 4.06. The first kappa shape index (κ1) is 17.5. The maximum absolute atomic E-state index is 12.4. The number of carbonyl (C=O) groups is 4. The summed E-state index contributed by atoms with van der Waals surface area (Å²) in [4.78, 5) is 59.3. The predicted octanol–water partition coefficient (Wildman–Crippen LogP) is 0.401. The molecule has 1 fully saturated rings. The van der Waals surface area contributed by atoms with Gasteiger partial charge >= 0.3 is 5.97 Å². The number of carbonyl (C=O) groups excluding carboxylic acids is 4. The van der Waals surface area contributed by atoms with Gasteiger partial charge in [0.15, 0.2) is 6.10 Å². The highest BCUT2D eigenvalue weighted by Crippen LogP contribution is 2.30. The maximum Gasteiger partial charge on any atom is 0.326 e. The fourth-order valence-electron chi connectivity index (χ4n) is 2.57. The monoisotopic (exact) mass is 361 g/mol. The third kappa shape index (κ3) is 3.25. The van der Waals surface area contributed by atoms with Gasteiger partial charge in [0, 0.05) is 12.1 Å². The van der Waals surface area contributed by atoms with E-state index in [1.54, 1.807) is 0 Å². The van der Waals surface area contributed by atoms with Gasteiger partial charge < -0.3 is 10.1 Å². The van der Waals surface area contributed by atoms with Gasteiger partial charge in [-0.15, -0.1) is 0 Å². The van der Waals surface area contributed by atoms with Crippen LogP contribution in [0, 0.1) is 10.1 Å². The van der Waals surface area contributed by atoms with Crippen molar-refractivity contribution in [3.05, 3.63) is 39.4 Å². The molecule has 3 rings (SSSR count). The normalized spacial score (nSPS) is 16.9. The zero-order valence-corrected chi connectivity index (χ0v) is 13.8. The third-order valence-corrected chi connectivity index (χ3v) is 4.06. The Hall–Kier alpha value is -3.30. The first-order valence-electron chi connectivity index (χ1n) is 7.93. The molecule has 10 nitrogen and oxygen atoms in total. The first-order valence-corrected chi connectivity index (χ1v) is 7.93. The second-order valence-electron chi connectivity index (χ2n) is 6.07. The molecule has 0 saturated heterocycles. The molecule has 1 saturated carbocycles. The minimum Gasteiger partial charge on any atom is -0.451 e. The van der Waals surface area contributed by atoms with Gasteiger partial charge in [0.1, 0.15) is 12.1 Å². The SMILES string of the molecule is C[C@H](OC(=O)CN1C(=O)c2cccc([N+](=O)[O-])c2C1=O)C(=O)NC1CC1. The van der Waals surface area contributed by atoms with Crippen molar-refractivity contribution in [2.45, 2.75) is 31.9 Å². The van der Waals surface area contributed by atoms with Crippen LogP contribution in [0.1, 0.15) is 40.5 Å². The van der Waals surface area contributed by atoms with Crippen molar-refractivity contribution >= 4 is 29.4 Å². The lowest BCUT2D eigenvalue weighted by Crippen LogP contribution is -2.41. The number of nitrogens with one attached hydrogen (secondary N) is 1. The second-order valence-corrected chi connectivity index (χ2v) is 6.07. The van der Waals surface area contributed by atoms with Crippen LogP contribution in [0.25, 0.3) is 0 Å². The number of nitro groups is 1. The van der Waals surface area contributed by atoms with Gasteiger partial charge in [0.2, 0.25) is 0 Å². The number of nitrogens with zero attached hydrogens (tertiary/aromatic N) is 2. The lowest BCUT2D eigenvalue weighted by molar-refractivity contribution is -0.385. The molecule has 0 radical (unpaired) electrons. The molecule has 1 aromatic rings. The van der Waals surface area contributed by atoms with Crippen LogP contribution >= 0.6 is 0 Å². The van der Waals surface area contributed by atoms with Gasteiger partial charge in [-0.1, -0.05) is 6.07 Å². The molecule has 1 heterocycles. The van der Waals surface area contributed by atoms with E-state index in [4.69, 9.17) is 4.74 Å². The van der Waals surface area contributed by atoms with E-state index in [2.05, 4.69) is 5.32 Å². The molecule has 1 aromatic carbocycles. The number of rotatable bonds is 6. The number of fused-ring (bicyclic) bond motifs is 1. The Bertz CT molecular complexity index is 831. The Morgan fingerprint density at radius 1 is 1.35 bits per heavy atom. The molecule has 0 unspecified atom stereocenters. The second kappa shape index (κ2) is 6.54. The van der Waals surface area contributed by atoms with E-state index in [0.717, 1.165) is 18.9 Å². The summed E-state index contributed by atoms with van der Waals surface area (Å²) in [6.07, 6.45) is 0.674. The topological polar surface area (TPSA) is 136 Å². The van der Waals surface area contributed by atoms with Crippen molar-refractivity contribution < 1.29 is 28.8 Å². The number of hydrogen-bond donors (Lipinski definition) is 1. The van der Waals surface area contributed by atoms with Gasteiger partial charge in [0.05, 0.1) is 10.5 Å². The van der Waals surface area contributed by atoms with Crippen LogP contribution in [-0.2, 0) is 14.3 Å². The average molecular weight is 361 g/mol. The fourth-order valence-corrected chi connectivity index (χ4v) is 2.57. The minimum absolute atomic E-state index is 0.0976. The Balaban J connectivity index is 1.68. The van der Waals surface area contributed by atoms with Crippen LogP contribution in [-0.4, -0.2) is 52.2 Å². The van der Waals surface area contributed by atoms with Crippen molar-refractivity contribution in [3.63, 3.8) is 0 Å². The lowest BCUT2D eigenvalue weighted by atomic mass is 10.1. The Morgan fingerprint density at radius 2 is 2.04 bits per heavy atom. The van der Waals surface area contributed by atoms with E-state index < -0.39 is 47.0 Å². The molecular weight excluding hydrogens is 346 g/mol. The molecule has 1 N–H and O–H groups in total. The summed E-state index contributed by atoms with van der Waals surface area (Å²) in [6.45, 7) is 0.646. The zero-order valence-electron chi connectivity index (χ0n) is 13.8. The van der Waals surface area contributed by atoms with Crippen molar-refractivity contribution in [1.82, 2.24) is 10.2 Å². The quantitative estimate of drug-likeness (QED) is 0.335. The number of imide groups is 1. The van der Waals surface area contributed by atoms with E-state index in [-0.39, 0.29) is 17.2 Å². The highest BCUT2D eigenvalue weighted by atomic mass is 16.6. The largest absolute Gasteiger partial charge is 0.451 e. The molecule has 26 heavy (non-hydrogen) atoms. The Morgan fingerprint density at radius 3 is 2.65 bits per heavy atom. The number of benzene rings is 1. The molecule has 2 aliphatic rings. The van der Waals surface area contributed by atoms with Crippen LogP contribution in [0.2, 0.25) is 0 Å². The van der Waals surface area contributed by atoms with Gasteiger partial charge in [0.25, 0.3) is 23.4 Å². The van der Waals surface area contributed by atoms with Crippen LogP contribution in [0.5, 0.6) is 0 Å². The van der Waals surface area contributed by atoms with Gasteiger partial charge in [-0.25, -0.2) is 0 Å². The summed E-state index contributed by atoms with van der Waals surface area (Å²) < 4.78 is 4.94. The van der Waals surface area contributed by atoms with Gasteiger partial charge in [-0.3, -0.25) is 34.2 Å². The fraction of sp³-hybridized carbons (Fsp3) is 0.375. The maximum atomic E-state index is 12.4. The molecule has 136 valence electrons. The molecule has 3 amide bonds. The first-order chi connectivity index (χ1) is 12.3. The molecule has 0 spiro atoms. The minimum atomic E-state index is -1.08. The van der Waals surface area contributed by atoms with E-state index in [1.165, 1.54) is 19.1 Å². The summed E-state index contributed by atoms with van der Waals surface area (Å²) in [5.74, 6) is -3.18. The molecule has 10 heteroatoms. The van der Waals surface area contributed by atoms with E-state index >= 15 is 0 Å². The molecule has 1 aliphatic heterocycles. The average Bonchev–Trinajstić information content (AvgIpc) is 3.37. The smallest absolute Gasteiger partial charge is 0.326 e. The number of hydrogen-bond acceptors (Lipinski definition) is 7. The van der Waals surface area contributed by atoms with E-state index in [9.17, 15) is 29.3 Å². The van der Waals surface area contributed by atoms with E-state index in [1.807, 2.05) is 0 Å². The highest BCUT2D eigenvalue weighted by molar-refractivity contribution is 6.24. The van der Waals surface area contributed by atoms with Gasteiger partial charge in [-0.05, 0) is 25.8 Å². The molecule has 0 bridgehead atoms. The summed E-state index contributed by atoms with van der Waals surface area (Å²) in [6, 6.07) is 3.77. The molecule has 0 aromatic heterocycles.